The summed E-state index contributed by atoms with van der Waals surface area (Å²) in [6, 6.07) is 0. The Labute approximate surface area is 117 Å². The highest BCUT2D eigenvalue weighted by atomic mass is 32.2. The van der Waals surface area contributed by atoms with Gasteiger partial charge in [0.25, 0.3) is 0 Å². The fraction of sp³-hybridized carbons (Fsp3) is 0.750. The van der Waals surface area contributed by atoms with E-state index in [1.54, 1.807) is 6.92 Å². The highest BCUT2D eigenvalue weighted by molar-refractivity contribution is 7.99. The quantitative estimate of drug-likeness (QED) is 0.658. The smallest absolute Gasteiger partial charge is 0.233 e. The van der Waals surface area contributed by atoms with Crippen LogP contribution in [0.15, 0.2) is 5.16 Å². The highest BCUT2D eigenvalue weighted by Gasteiger charge is 2.25. The number of carbonyl (C=O) groups is 1. The molecule has 19 heavy (non-hydrogen) atoms. The van der Waals surface area contributed by atoms with Crippen molar-refractivity contribution in [2.24, 2.45) is 11.8 Å². The fourth-order valence-electron chi connectivity index (χ4n) is 2.53. The van der Waals surface area contributed by atoms with E-state index in [4.69, 9.17) is 5.84 Å². The van der Waals surface area contributed by atoms with Crippen LogP contribution < -0.4 is 5.84 Å². The Kier molecular flexibility index (Phi) is 4.34. The molecule has 1 aliphatic heterocycles. The van der Waals surface area contributed by atoms with Crippen LogP contribution in [0.2, 0.25) is 0 Å². The van der Waals surface area contributed by atoms with Gasteiger partial charge in [-0.1, -0.05) is 25.6 Å². The molecule has 0 unspecified atom stereocenters. The second kappa shape index (κ2) is 5.81. The van der Waals surface area contributed by atoms with Gasteiger partial charge >= 0.3 is 0 Å². The predicted molar refractivity (Wildman–Crippen MR) is 75.2 cm³/mol. The molecule has 1 amide bonds. The van der Waals surface area contributed by atoms with Gasteiger partial charge in [-0.2, -0.15) is 0 Å². The minimum Gasteiger partial charge on any atom is -0.341 e. The van der Waals surface area contributed by atoms with E-state index >= 15 is 0 Å². The van der Waals surface area contributed by atoms with E-state index in [1.807, 2.05) is 4.90 Å². The zero-order chi connectivity index (χ0) is 14.0. The van der Waals surface area contributed by atoms with Crippen LogP contribution in [0, 0.1) is 18.8 Å². The summed E-state index contributed by atoms with van der Waals surface area (Å²) in [5, 5.41) is 8.40. The lowest BCUT2D eigenvalue weighted by molar-refractivity contribution is -0.130. The van der Waals surface area contributed by atoms with Crippen LogP contribution in [0.3, 0.4) is 0 Å². The molecule has 1 fully saturated rings. The lowest BCUT2D eigenvalue weighted by atomic mass is 9.92. The molecular weight excluding hydrogens is 262 g/mol. The van der Waals surface area contributed by atoms with Gasteiger partial charge in [0, 0.05) is 13.1 Å². The van der Waals surface area contributed by atoms with Crippen molar-refractivity contribution < 1.29 is 4.79 Å². The van der Waals surface area contributed by atoms with E-state index in [2.05, 4.69) is 24.0 Å². The van der Waals surface area contributed by atoms with Crippen LogP contribution in [0.25, 0.3) is 0 Å². The second-order valence-corrected chi connectivity index (χ2v) is 6.38. The zero-order valence-corrected chi connectivity index (χ0v) is 12.5. The number of likely N-dealkylation sites (tertiary alicyclic amines) is 1. The fourth-order valence-corrected chi connectivity index (χ4v) is 3.34. The lowest BCUT2D eigenvalue weighted by Crippen LogP contribution is -2.43. The molecule has 1 saturated heterocycles. The van der Waals surface area contributed by atoms with Gasteiger partial charge in [0.05, 0.1) is 5.75 Å². The van der Waals surface area contributed by atoms with Crippen LogP contribution in [-0.4, -0.2) is 44.5 Å². The Morgan fingerprint density at radius 3 is 2.53 bits per heavy atom. The van der Waals surface area contributed by atoms with Crippen LogP contribution in [0.5, 0.6) is 0 Å². The maximum Gasteiger partial charge on any atom is 0.233 e. The van der Waals surface area contributed by atoms with Crippen LogP contribution in [0.4, 0.5) is 0 Å². The number of piperidine rings is 1. The van der Waals surface area contributed by atoms with Crippen molar-refractivity contribution in [2.45, 2.75) is 32.3 Å². The maximum absolute atomic E-state index is 12.2. The molecular formula is C12H21N5OS. The Bertz CT molecular complexity index is 451. The molecule has 7 heteroatoms. The van der Waals surface area contributed by atoms with Gasteiger partial charge in [-0.05, 0) is 25.2 Å². The lowest BCUT2D eigenvalue weighted by Gasteiger charge is -2.34. The Morgan fingerprint density at radius 1 is 1.37 bits per heavy atom. The summed E-state index contributed by atoms with van der Waals surface area (Å²) in [5.74, 6) is 8.10. The highest BCUT2D eigenvalue weighted by Crippen LogP contribution is 2.22. The normalized spacial score (nSPS) is 23.6. The summed E-state index contributed by atoms with van der Waals surface area (Å²) >= 11 is 1.35. The number of aromatic nitrogens is 3. The minimum absolute atomic E-state index is 0.157. The van der Waals surface area contributed by atoms with Gasteiger partial charge in [-0.25, -0.2) is 4.68 Å². The van der Waals surface area contributed by atoms with Crippen molar-refractivity contribution in [2.75, 3.05) is 24.7 Å². The van der Waals surface area contributed by atoms with E-state index in [1.165, 1.54) is 22.9 Å². The van der Waals surface area contributed by atoms with Gasteiger partial charge in [0.2, 0.25) is 11.1 Å². The minimum atomic E-state index is 0.157. The molecule has 0 aliphatic carbocycles. The van der Waals surface area contributed by atoms with Crippen molar-refractivity contribution in [1.82, 2.24) is 19.8 Å². The van der Waals surface area contributed by atoms with Crippen LogP contribution in [0.1, 0.15) is 26.1 Å². The first-order valence-corrected chi connectivity index (χ1v) is 7.53. The molecule has 2 atom stereocenters. The standard InChI is InChI=1S/C12H21N5OS/c1-8-4-9(2)6-16(5-8)11(18)7-19-12-15-14-10(3)17(12)13/h8-9H,4-7,13H2,1-3H3/t8-,9-/m1/s1. The van der Waals surface area contributed by atoms with Crippen molar-refractivity contribution in [1.29, 1.82) is 0 Å². The largest absolute Gasteiger partial charge is 0.341 e. The van der Waals surface area contributed by atoms with Gasteiger partial charge in [0.1, 0.15) is 5.82 Å². The molecule has 0 bridgehead atoms. The molecule has 0 radical (unpaired) electrons. The molecule has 2 rings (SSSR count). The number of hydrogen-bond acceptors (Lipinski definition) is 5. The number of rotatable bonds is 3. The third kappa shape index (κ3) is 3.40. The molecule has 0 aromatic carbocycles. The third-order valence-electron chi connectivity index (χ3n) is 3.38. The average molecular weight is 283 g/mol. The molecule has 0 spiro atoms. The summed E-state index contributed by atoms with van der Waals surface area (Å²) in [7, 11) is 0. The van der Waals surface area contributed by atoms with E-state index in [0.717, 1.165) is 13.1 Å². The van der Waals surface area contributed by atoms with Gasteiger partial charge in [-0.15, -0.1) is 10.2 Å². The summed E-state index contributed by atoms with van der Waals surface area (Å²) in [6.45, 7) is 7.90. The molecule has 2 N–H and O–H groups in total. The summed E-state index contributed by atoms with van der Waals surface area (Å²) in [6.07, 6.45) is 1.20. The maximum atomic E-state index is 12.2. The van der Waals surface area contributed by atoms with Crippen molar-refractivity contribution in [3.05, 3.63) is 5.82 Å². The zero-order valence-electron chi connectivity index (χ0n) is 11.7. The molecule has 2 heterocycles. The number of amides is 1. The van der Waals surface area contributed by atoms with Gasteiger partial charge in [-0.3, -0.25) is 4.79 Å². The number of hydrogen-bond donors (Lipinski definition) is 1. The van der Waals surface area contributed by atoms with Gasteiger partial charge in [0.15, 0.2) is 0 Å². The van der Waals surface area contributed by atoms with Crippen molar-refractivity contribution in [3.63, 3.8) is 0 Å². The summed E-state index contributed by atoms with van der Waals surface area (Å²) in [4.78, 5) is 14.1. The van der Waals surface area contributed by atoms with E-state index < -0.39 is 0 Å². The number of thioether (sulfide) groups is 1. The first-order valence-electron chi connectivity index (χ1n) is 6.55. The average Bonchev–Trinajstić information content (AvgIpc) is 2.66. The van der Waals surface area contributed by atoms with Crippen molar-refractivity contribution in [3.8, 4) is 0 Å². The Morgan fingerprint density at radius 2 is 2.00 bits per heavy atom. The predicted octanol–water partition coefficient (Wildman–Crippen LogP) is 0.897. The number of nitrogens with two attached hydrogens (primary N) is 1. The van der Waals surface area contributed by atoms with Crippen LogP contribution >= 0.6 is 11.8 Å². The first kappa shape index (κ1) is 14.2. The van der Waals surface area contributed by atoms with E-state index in [-0.39, 0.29) is 5.91 Å². The molecule has 6 nitrogen and oxygen atoms in total. The third-order valence-corrected chi connectivity index (χ3v) is 4.31. The topological polar surface area (TPSA) is 77.0 Å². The molecule has 1 aliphatic rings. The van der Waals surface area contributed by atoms with E-state index in [9.17, 15) is 4.79 Å². The summed E-state index contributed by atoms with van der Waals surface area (Å²) in [5.41, 5.74) is 0. The number of nitrogen functional groups attached to an aromatic ring is 1. The monoisotopic (exact) mass is 283 g/mol. The van der Waals surface area contributed by atoms with Crippen molar-refractivity contribution >= 4 is 17.7 Å². The number of aryl methyl sites for hydroxylation is 1. The van der Waals surface area contributed by atoms with Crippen LogP contribution in [-0.2, 0) is 4.79 Å². The molecule has 106 valence electrons. The second-order valence-electron chi connectivity index (χ2n) is 5.43. The van der Waals surface area contributed by atoms with E-state index in [0.29, 0.717) is 28.6 Å². The SMILES string of the molecule is Cc1nnc(SCC(=O)N2C[C@H](C)C[C@@H](C)C2)n1N. The Hall–Kier alpha value is -1.24. The van der Waals surface area contributed by atoms with Gasteiger partial charge < -0.3 is 10.7 Å². The molecule has 0 saturated carbocycles. The first-order chi connectivity index (χ1) is 8.97. The summed E-state index contributed by atoms with van der Waals surface area (Å²) < 4.78 is 1.42. The number of carbonyl (C=O) groups excluding carboxylic acids is 1. The molecule has 1 aromatic rings. The Balaban J connectivity index is 1.89. The molecule has 1 aromatic heterocycles. The number of nitrogens with zero attached hydrogens (tertiary/aromatic N) is 4.